The molecular weight excluding hydrogens is 1050 g/mol. The van der Waals surface area contributed by atoms with Gasteiger partial charge in [-0.2, -0.15) is 0 Å². The van der Waals surface area contributed by atoms with Gasteiger partial charge in [0, 0.05) is 93.6 Å². The molecule has 9 heteroatoms. The summed E-state index contributed by atoms with van der Waals surface area (Å²) in [5.41, 5.74) is 25.9. The Balaban J connectivity index is 0.946. The molecule has 11 aromatic carbocycles. The number of furan rings is 1. The van der Waals surface area contributed by atoms with E-state index in [0.717, 1.165) is 62.1 Å². The topological polar surface area (TPSA) is 31.0 Å². The molecule has 85 heavy (non-hydrogen) atoms. The molecule has 19 rings (SSSR count). The summed E-state index contributed by atoms with van der Waals surface area (Å²) in [6.45, 7) is -0.267. The molecule has 1 fully saturated rings. The van der Waals surface area contributed by atoms with E-state index in [9.17, 15) is 0 Å². The normalized spacial score (nSPS) is 14.9. The molecule has 7 heterocycles. The van der Waals surface area contributed by atoms with E-state index in [0.29, 0.717) is 5.92 Å². The van der Waals surface area contributed by atoms with Crippen LogP contribution in [0.25, 0.3) is 48.5 Å². The summed E-state index contributed by atoms with van der Waals surface area (Å²) in [7, 11) is 0. The van der Waals surface area contributed by atoms with Crippen LogP contribution < -0.4 is 51.9 Å². The minimum Gasteiger partial charge on any atom is -0.468 e. The highest BCUT2D eigenvalue weighted by atomic mass is 32.1. The molecule has 14 aromatic rings. The van der Waals surface area contributed by atoms with E-state index in [1.165, 1.54) is 125 Å². The Bertz CT molecular complexity index is 4770. The molecule has 6 nitrogen and oxygen atoms in total. The van der Waals surface area contributed by atoms with Gasteiger partial charge in [0.25, 0.3) is 13.4 Å². The Hall–Kier alpha value is -9.95. The lowest BCUT2D eigenvalue weighted by Crippen LogP contribution is -2.61. The fourth-order valence-electron chi connectivity index (χ4n) is 15.8. The van der Waals surface area contributed by atoms with Crippen molar-refractivity contribution < 1.29 is 4.42 Å². The highest BCUT2D eigenvalue weighted by Crippen LogP contribution is 2.51. The Morgan fingerprint density at radius 3 is 1.44 bits per heavy atom. The Morgan fingerprint density at radius 2 is 0.835 bits per heavy atom. The standard InChI is InChI=1S/C76H53B2N5OS/c1-6-23-48(24-7-1)49-25-20-34-54(43-49)81-65-46-67-59(77-71-61(79(67)50-26-8-2-9-27-50)37-21-39-63(71)82(52-30-12-4-13-31-52)73-55-35-16-18-41-69(55)84-75(73)77)44-57(65)58-45-60-68(47-66(58)81)80(51-28-10-3-11-29-51)62-38-22-40-64-72(62)78(60)76-74(56-36-17-19-42-70(56)85-76)83(64)53-32-14-5-15-33-53/h2-5,8-22,25-48H,1,6-7,23-24H2. The molecule has 0 bridgehead atoms. The lowest BCUT2D eigenvalue weighted by Gasteiger charge is -2.43. The maximum absolute atomic E-state index is 7.37. The summed E-state index contributed by atoms with van der Waals surface area (Å²) in [6, 6.07) is 95.5. The summed E-state index contributed by atoms with van der Waals surface area (Å²) < 4.78 is 12.6. The quantitative estimate of drug-likeness (QED) is 0.155. The molecule has 0 spiro atoms. The van der Waals surface area contributed by atoms with Gasteiger partial charge in [0.2, 0.25) is 0 Å². The van der Waals surface area contributed by atoms with Crippen LogP contribution in [0.5, 0.6) is 0 Å². The zero-order valence-electron chi connectivity index (χ0n) is 46.6. The van der Waals surface area contributed by atoms with Gasteiger partial charge in [-0.25, -0.2) is 0 Å². The lowest BCUT2D eigenvalue weighted by atomic mass is 9.35. The number of hydrogen-bond acceptors (Lipinski definition) is 6. The summed E-state index contributed by atoms with van der Waals surface area (Å²) in [6.07, 6.45) is 6.34. The molecule has 5 aliphatic rings. The van der Waals surface area contributed by atoms with Crippen LogP contribution in [0.3, 0.4) is 0 Å². The van der Waals surface area contributed by atoms with E-state index in [4.69, 9.17) is 4.42 Å². The number of rotatable bonds is 6. The first-order valence-electron chi connectivity index (χ1n) is 30.2. The fraction of sp³-hybridized carbons (Fsp3) is 0.0789. The van der Waals surface area contributed by atoms with Crippen molar-refractivity contribution in [2.24, 2.45) is 0 Å². The second kappa shape index (κ2) is 18.3. The van der Waals surface area contributed by atoms with Crippen LogP contribution in [0.1, 0.15) is 43.6 Å². The monoisotopic (exact) mass is 1110 g/mol. The average Bonchev–Trinajstić information content (AvgIpc) is 1.91. The summed E-state index contributed by atoms with van der Waals surface area (Å²) >= 11 is 1.95. The predicted octanol–water partition coefficient (Wildman–Crippen LogP) is 17.0. The van der Waals surface area contributed by atoms with Crippen LogP contribution in [-0.4, -0.2) is 18.0 Å². The SMILES string of the molecule is c1ccc(N2c3cc4c(cc3B3c5oc6ccccc6c5N(c5ccccc5)c5cccc2c53)c2cc3c(cc2n4-c2cccc(C4CCCCC4)c2)N(c2ccccc2)c2cccc4c2B3c2sc3ccccc3c2N4c2ccccc2)cc1. The van der Waals surface area contributed by atoms with Crippen LogP contribution >= 0.6 is 11.3 Å². The summed E-state index contributed by atoms with van der Waals surface area (Å²) in [5.74, 6) is 0.540. The molecule has 3 aromatic heterocycles. The highest BCUT2D eigenvalue weighted by molar-refractivity contribution is 7.33. The van der Waals surface area contributed by atoms with Crippen molar-refractivity contribution in [2.45, 2.75) is 38.0 Å². The summed E-state index contributed by atoms with van der Waals surface area (Å²) in [4.78, 5) is 10.1. The number of thiophene rings is 1. The number of para-hydroxylation sites is 5. The first kappa shape index (κ1) is 47.5. The highest BCUT2D eigenvalue weighted by Gasteiger charge is 2.49. The third kappa shape index (κ3) is 6.78. The van der Waals surface area contributed by atoms with Crippen molar-refractivity contribution in [1.82, 2.24) is 4.57 Å². The number of benzene rings is 11. The van der Waals surface area contributed by atoms with E-state index in [-0.39, 0.29) is 13.4 Å². The zero-order chi connectivity index (χ0) is 55.4. The van der Waals surface area contributed by atoms with Gasteiger partial charge in [-0.3, -0.25) is 0 Å². The third-order valence-electron chi connectivity index (χ3n) is 19.3. The number of aromatic nitrogens is 1. The number of hydrogen-bond donors (Lipinski definition) is 0. The molecule has 400 valence electrons. The van der Waals surface area contributed by atoms with Crippen molar-refractivity contribution in [3.8, 4) is 5.69 Å². The second-order valence-corrected chi connectivity index (χ2v) is 24.8. The minimum atomic E-state index is -0.218. The van der Waals surface area contributed by atoms with Crippen LogP contribution in [0.4, 0.5) is 68.2 Å². The van der Waals surface area contributed by atoms with E-state index in [1.807, 2.05) is 11.3 Å². The molecule has 0 amide bonds. The smallest absolute Gasteiger partial charge is 0.297 e. The van der Waals surface area contributed by atoms with E-state index in [1.54, 1.807) is 0 Å². The van der Waals surface area contributed by atoms with Crippen molar-refractivity contribution in [2.75, 3.05) is 19.6 Å². The predicted molar refractivity (Wildman–Crippen MR) is 360 cm³/mol. The van der Waals surface area contributed by atoms with Crippen molar-refractivity contribution in [3.63, 3.8) is 0 Å². The van der Waals surface area contributed by atoms with E-state index >= 15 is 0 Å². The number of nitrogens with zero attached hydrogens (tertiary/aromatic N) is 5. The van der Waals surface area contributed by atoms with Crippen molar-refractivity contribution >= 4 is 168 Å². The van der Waals surface area contributed by atoms with Crippen molar-refractivity contribution in [3.05, 3.63) is 260 Å². The molecule has 0 saturated heterocycles. The molecule has 0 radical (unpaired) electrons. The lowest BCUT2D eigenvalue weighted by molar-refractivity contribution is 0.443. The fourth-order valence-corrected chi connectivity index (χ4v) is 17.1. The average molecular weight is 1110 g/mol. The van der Waals surface area contributed by atoms with Crippen LogP contribution in [0.2, 0.25) is 0 Å². The number of anilines is 12. The van der Waals surface area contributed by atoms with Gasteiger partial charge in [-0.15, -0.1) is 11.3 Å². The maximum atomic E-state index is 7.37. The molecule has 4 aliphatic heterocycles. The minimum absolute atomic E-state index is 0.0491. The van der Waals surface area contributed by atoms with E-state index < -0.39 is 0 Å². The van der Waals surface area contributed by atoms with Gasteiger partial charge in [-0.05, 0) is 161 Å². The Labute approximate surface area is 497 Å². The molecule has 0 unspecified atom stereocenters. The van der Waals surface area contributed by atoms with E-state index in [2.05, 4.69) is 279 Å². The first-order chi connectivity index (χ1) is 42.2. The van der Waals surface area contributed by atoms with Gasteiger partial charge in [0.1, 0.15) is 5.58 Å². The van der Waals surface area contributed by atoms with Gasteiger partial charge < -0.3 is 28.6 Å². The Kier molecular flexibility index (Phi) is 10.2. The molecule has 1 saturated carbocycles. The first-order valence-corrected chi connectivity index (χ1v) is 31.0. The third-order valence-corrected chi connectivity index (χ3v) is 20.5. The molecule has 0 N–H and O–H groups in total. The van der Waals surface area contributed by atoms with Gasteiger partial charge >= 0.3 is 0 Å². The van der Waals surface area contributed by atoms with Crippen LogP contribution in [0, 0.1) is 0 Å². The maximum Gasteiger partial charge on any atom is 0.297 e. The Morgan fingerprint density at radius 1 is 0.365 bits per heavy atom. The largest absolute Gasteiger partial charge is 0.468 e. The summed E-state index contributed by atoms with van der Waals surface area (Å²) in [5, 5.41) is 4.84. The number of fused-ring (bicyclic) bond motifs is 15. The van der Waals surface area contributed by atoms with Crippen LogP contribution in [0.15, 0.2) is 259 Å². The van der Waals surface area contributed by atoms with Gasteiger partial charge in [-0.1, -0.05) is 159 Å². The van der Waals surface area contributed by atoms with Gasteiger partial charge in [0.15, 0.2) is 0 Å². The molecular formula is C76H53B2N5OS. The zero-order valence-corrected chi connectivity index (χ0v) is 47.4. The second-order valence-electron chi connectivity index (χ2n) is 23.7. The molecule has 1 aliphatic carbocycles. The van der Waals surface area contributed by atoms with Crippen molar-refractivity contribution in [1.29, 1.82) is 0 Å². The van der Waals surface area contributed by atoms with Crippen LogP contribution in [-0.2, 0) is 0 Å². The molecule has 0 atom stereocenters. The van der Waals surface area contributed by atoms with Gasteiger partial charge in [0.05, 0.1) is 28.1 Å².